The van der Waals surface area contributed by atoms with Crippen molar-refractivity contribution in [3.63, 3.8) is 0 Å². The lowest BCUT2D eigenvalue weighted by molar-refractivity contribution is 0.0697. The summed E-state index contributed by atoms with van der Waals surface area (Å²) in [5.41, 5.74) is 3.93. The summed E-state index contributed by atoms with van der Waals surface area (Å²) in [7, 11) is 0. The van der Waals surface area contributed by atoms with E-state index in [1.165, 1.54) is 11.1 Å². The number of carboxylic acids is 1. The second kappa shape index (κ2) is 6.92. The molecule has 0 amide bonds. The minimum absolute atomic E-state index is 0.347. The lowest BCUT2D eigenvalue weighted by Crippen LogP contribution is -2.32. The number of aryl methyl sites for hydroxylation is 1. The molecule has 1 aromatic heterocycles. The molecule has 23 heavy (non-hydrogen) atoms. The standard InChI is InChI=1S/C19H22N2O2/c1-14-2-5-18(12-20-14)16-8-10-21(11-9-16)13-15-3-6-17(7-4-15)19(22)23/h2-7,12,16H,8-11,13H2,1H3,(H,22,23). The average Bonchev–Trinajstić information content (AvgIpc) is 2.57. The predicted octanol–water partition coefficient (Wildman–Crippen LogP) is 3.47. The van der Waals surface area contributed by atoms with Crippen LogP contribution in [0.1, 0.15) is 45.9 Å². The second-order valence-corrected chi connectivity index (χ2v) is 6.29. The fourth-order valence-electron chi connectivity index (χ4n) is 3.16. The normalized spacial score (nSPS) is 16.4. The zero-order valence-electron chi connectivity index (χ0n) is 13.4. The summed E-state index contributed by atoms with van der Waals surface area (Å²) in [6, 6.07) is 11.5. The number of benzene rings is 1. The number of hydrogen-bond acceptors (Lipinski definition) is 3. The topological polar surface area (TPSA) is 53.4 Å². The van der Waals surface area contributed by atoms with Crippen molar-refractivity contribution < 1.29 is 9.90 Å². The molecule has 0 bridgehead atoms. The van der Waals surface area contributed by atoms with Gasteiger partial charge in [-0.15, -0.1) is 0 Å². The van der Waals surface area contributed by atoms with Gasteiger partial charge in [-0.3, -0.25) is 9.88 Å². The number of pyridine rings is 1. The molecule has 4 nitrogen and oxygen atoms in total. The molecule has 2 heterocycles. The zero-order chi connectivity index (χ0) is 16.2. The number of hydrogen-bond donors (Lipinski definition) is 1. The van der Waals surface area contributed by atoms with E-state index < -0.39 is 5.97 Å². The van der Waals surface area contributed by atoms with Gasteiger partial charge in [-0.1, -0.05) is 18.2 Å². The Morgan fingerprint density at radius 2 is 1.87 bits per heavy atom. The number of likely N-dealkylation sites (tertiary alicyclic amines) is 1. The fraction of sp³-hybridized carbons (Fsp3) is 0.368. The van der Waals surface area contributed by atoms with E-state index in [1.807, 2.05) is 25.3 Å². The Kier molecular flexibility index (Phi) is 4.72. The number of rotatable bonds is 4. The van der Waals surface area contributed by atoms with Crippen LogP contribution in [0.3, 0.4) is 0 Å². The maximum Gasteiger partial charge on any atom is 0.335 e. The summed E-state index contributed by atoms with van der Waals surface area (Å²) in [6.45, 7) is 5.04. The highest BCUT2D eigenvalue weighted by atomic mass is 16.4. The molecule has 1 aliphatic rings. The molecule has 2 aromatic rings. The minimum atomic E-state index is -0.871. The van der Waals surface area contributed by atoms with E-state index in [-0.39, 0.29) is 0 Å². The van der Waals surface area contributed by atoms with Crippen LogP contribution in [0.25, 0.3) is 0 Å². The summed E-state index contributed by atoms with van der Waals surface area (Å²) in [5.74, 6) is -0.266. The van der Waals surface area contributed by atoms with E-state index >= 15 is 0 Å². The van der Waals surface area contributed by atoms with E-state index in [1.54, 1.807) is 12.1 Å². The Labute approximate surface area is 136 Å². The smallest absolute Gasteiger partial charge is 0.335 e. The average molecular weight is 310 g/mol. The molecular weight excluding hydrogens is 288 g/mol. The SMILES string of the molecule is Cc1ccc(C2CCN(Cc3ccc(C(=O)O)cc3)CC2)cn1. The minimum Gasteiger partial charge on any atom is -0.478 e. The van der Waals surface area contributed by atoms with Gasteiger partial charge in [0.25, 0.3) is 0 Å². The van der Waals surface area contributed by atoms with Gasteiger partial charge in [-0.2, -0.15) is 0 Å². The van der Waals surface area contributed by atoms with Crippen LogP contribution >= 0.6 is 0 Å². The molecule has 4 heteroatoms. The molecule has 3 rings (SSSR count). The Morgan fingerprint density at radius 3 is 2.43 bits per heavy atom. The van der Waals surface area contributed by atoms with E-state index in [4.69, 9.17) is 5.11 Å². The molecule has 1 fully saturated rings. The van der Waals surface area contributed by atoms with Gasteiger partial charge < -0.3 is 5.11 Å². The zero-order valence-corrected chi connectivity index (χ0v) is 13.4. The maximum absolute atomic E-state index is 10.9. The van der Waals surface area contributed by atoms with Gasteiger partial charge in [-0.25, -0.2) is 4.79 Å². The number of aromatic carboxylic acids is 1. The molecule has 1 saturated heterocycles. The molecule has 0 unspecified atom stereocenters. The van der Waals surface area contributed by atoms with Crippen molar-refractivity contribution in [1.29, 1.82) is 0 Å². The number of carbonyl (C=O) groups is 1. The summed E-state index contributed by atoms with van der Waals surface area (Å²) < 4.78 is 0. The Balaban J connectivity index is 1.54. The summed E-state index contributed by atoms with van der Waals surface area (Å²) in [5, 5.41) is 8.94. The van der Waals surface area contributed by atoms with Crippen molar-refractivity contribution in [3.8, 4) is 0 Å². The van der Waals surface area contributed by atoms with Gasteiger partial charge in [0.2, 0.25) is 0 Å². The van der Waals surface area contributed by atoms with Crippen molar-refractivity contribution in [2.24, 2.45) is 0 Å². The third kappa shape index (κ3) is 3.96. The highest BCUT2D eigenvalue weighted by Gasteiger charge is 2.20. The monoisotopic (exact) mass is 310 g/mol. The molecule has 0 saturated carbocycles. The fourth-order valence-corrected chi connectivity index (χ4v) is 3.16. The first-order valence-corrected chi connectivity index (χ1v) is 8.09. The molecule has 1 aliphatic heterocycles. The summed E-state index contributed by atoms with van der Waals surface area (Å²) in [4.78, 5) is 17.7. The Hall–Kier alpha value is -2.20. The third-order valence-corrected chi connectivity index (χ3v) is 4.60. The van der Waals surface area contributed by atoms with Crippen LogP contribution in [0.15, 0.2) is 42.6 Å². The first kappa shape index (κ1) is 15.7. The third-order valence-electron chi connectivity index (χ3n) is 4.60. The first-order chi connectivity index (χ1) is 11.1. The van der Waals surface area contributed by atoms with E-state index in [2.05, 4.69) is 22.0 Å². The van der Waals surface area contributed by atoms with Crippen molar-refractivity contribution in [3.05, 3.63) is 65.0 Å². The van der Waals surface area contributed by atoms with Crippen LogP contribution < -0.4 is 0 Å². The van der Waals surface area contributed by atoms with Crippen molar-refractivity contribution in [1.82, 2.24) is 9.88 Å². The quantitative estimate of drug-likeness (QED) is 0.939. The first-order valence-electron chi connectivity index (χ1n) is 8.09. The van der Waals surface area contributed by atoms with E-state index in [0.29, 0.717) is 11.5 Å². The lowest BCUT2D eigenvalue weighted by atomic mass is 9.90. The van der Waals surface area contributed by atoms with Crippen LogP contribution in [0.2, 0.25) is 0 Å². The van der Waals surface area contributed by atoms with Crippen LogP contribution in [0.4, 0.5) is 0 Å². The Bertz CT molecular complexity index is 657. The second-order valence-electron chi connectivity index (χ2n) is 6.29. The van der Waals surface area contributed by atoms with Crippen molar-refractivity contribution >= 4 is 5.97 Å². The van der Waals surface area contributed by atoms with Gasteiger partial charge in [0.15, 0.2) is 0 Å². The molecule has 0 atom stereocenters. The molecule has 0 aliphatic carbocycles. The van der Waals surface area contributed by atoms with Crippen molar-refractivity contribution in [2.75, 3.05) is 13.1 Å². The van der Waals surface area contributed by atoms with Crippen LogP contribution in [-0.2, 0) is 6.54 Å². The van der Waals surface area contributed by atoms with Gasteiger partial charge in [-0.05, 0) is 68.1 Å². The summed E-state index contributed by atoms with van der Waals surface area (Å²) >= 11 is 0. The van der Waals surface area contributed by atoms with Crippen LogP contribution in [0.5, 0.6) is 0 Å². The maximum atomic E-state index is 10.9. The number of aromatic nitrogens is 1. The van der Waals surface area contributed by atoms with Crippen LogP contribution in [0, 0.1) is 6.92 Å². The lowest BCUT2D eigenvalue weighted by Gasteiger charge is -2.32. The largest absolute Gasteiger partial charge is 0.478 e. The summed E-state index contributed by atoms with van der Waals surface area (Å²) in [6.07, 6.45) is 4.32. The number of piperidine rings is 1. The number of nitrogens with zero attached hydrogens (tertiary/aromatic N) is 2. The van der Waals surface area contributed by atoms with Gasteiger partial charge in [0.05, 0.1) is 5.56 Å². The molecule has 1 N–H and O–H groups in total. The highest BCUT2D eigenvalue weighted by Crippen LogP contribution is 2.28. The van der Waals surface area contributed by atoms with E-state index in [0.717, 1.165) is 38.2 Å². The Morgan fingerprint density at radius 1 is 1.17 bits per heavy atom. The van der Waals surface area contributed by atoms with Gasteiger partial charge in [0, 0.05) is 18.4 Å². The molecule has 0 spiro atoms. The molecule has 1 aromatic carbocycles. The predicted molar refractivity (Wildman–Crippen MR) is 89.6 cm³/mol. The van der Waals surface area contributed by atoms with Crippen LogP contribution in [-0.4, -0.2) is 34.0 Å². The molecular formula is C19H22N2O2. The van der Waals surface area contributed by atoms with E-state index in [9.17, 15) is 4.79 Å². The molecule has 0 radical (unpaired) electrons. The van der Waals surface area contributed by atoms with Gasteiger partial charge in [0.1, 0.15) is 0 Å². The van der Waals surface area contributed by atoms with Crippen molar-refractivity contribution in [2.45, 2.75) is 32.2 Å². The van der Waals surface area contributed by atoms with Gasteiger partial charge >= 0.3 is 5.97 Å². The molecule has 120 valence electrons. The number of carboxylic acid groups (broad SMARTS) is 1. The highest BCUT2D eigenvalue weighted by molar-refractivity contribution is 5.87.